The van der Waals surface area contributed by atoms with Crippen LogP contribution in [0.1, 0.15) is 44.2 Å². The van der Waals surface area contributed by atoms with Gasteiger partial charge in [-0.05, 0) is 37.8 Å². The summed E-state index contributed by atoms with van der Waals surface area (Å²) in [4.78, 5) is 23.6. The van der Waals surface area contributed by atoms with Crippen molar-refractivity contribution in [2.75, 3.05) is 5.32 Å². The first-order valence-electron chi connectivity index (χ1n) is 6.95. The molecule has 0 aliphatic heterocycles. The lowest BCUT2D eigenvalue weighted by atomic mass is 9.79. The Morgan fingerprint density at radius 2 is 1.65 bits per heavy atom. The molecule has 0 atom stereocenters. The summed E-state index contributed by atoms with van der Waals surface area (Å²) in [5, 5.41) is 12.2. The van der Waals surface area contributed by atoms with E-state index in [4.69, 9.17) is 0 Å². The summed E-state index contributed by atoms with van der Waals surface area (Å²) in [7, 11) is 0. The summed E-state index contributed by atoms with van der Waals surface area (Å²) in [5.41, 5.74) is 1.77. The summed E-state index contributed by atoms with van der Waals surface area (Å²) in [5.74, 6) is -1.15. The highest BCUT2D eigenvalue weighted by molar-refractivity contribution is 5.95. The molecule has 0 spiro atoms. The molecule has 0 saturated heterocycles. The van der Waals surface area contributed by atoms with Crippen LogP contribution in [0.25, 0.3) is 0 Å². The van der Waals surface area contributed by atoms with Crippen molar-refractivity contribution in [3.05, 3.63) is 29.3 Å². The number of carboxylic acid groups (broad SMARTS) is 1. The minimum Gasteiger partial charge on any atom is -0.481 e. The molecule has 1 aromatic rings. The third-order valence-electron chi connectivity index (χ3n) is 4.05. The van der Waals surface area contributed by atoms with Crippen molar-refractivity contribution in [1.82, 2.24) is 0 Å². The van der Waals surface area contributed by atoms with Crippen molar-refractivity contribution in [3.63, 3.8) is 0 Å². The highest BCUT2D eigenvalue weighted by atomic mass is 16.4. The summed E-state index contributed by atoms with van der Waals surface area (Å²) < 4.78 is 0. The fraction of sp³-hybridized carbons (Fsp3) is 0.500. The third-order valence-corrected chi connectivity index (χ3v) is 4.05. The van der Waals surface area contributed by atoms with E-state index in [1.54, 1.807) is 0 Å². The largest absolute Gasteiger partial charge is 0.481 e. The van der Waals surface area contributed by atoms with Gasteiger partial charge in [0.25, 0.3) is 0 Å². The van der Waals surface area contributed by atoms with E-state index < -0.39 is 11.4 Å². The number of carboxylic acids is 1. The summed E-state index contributed by atoms with van der Waals surface area (Å²) >= 11 is 0. The molecule has 0 aliphatic rings. The van der Waals surface area contributed by atoms with Crippen molar-refractivity contribution in [2.24, 2.45) is 5.41 Å². The second kappa shape index (κ2) is 6.55. The monoisotopic (exact) mass is 277 g/mol. The van der Waals surface area contributed by atoms with Gasteiger partial charge >= 0.3 is 5.97 Å². The molecule has 20 heavy (non-hydrogen) atoms. The van der Waals surface area contributed by atoms with E-state index in [0.717, 1.165) is 16.8 Å². The molecule has 0 fully saturated rings. The number of hydrogen-bond acceptors (Lipinski definition) is 2. The second-order valence-electron chi connectivity index (χ2n) is 5.28. The number of amides is 1. The Morgan fingerprint density at radius 1 is 1.15 bits per heavy atom. The highest BCUT2D eigenvalue weighted by Crippen LogP contribution is 2.32. The van der Waals surface area contributed by atoms with E-state index in [1.165, 1.54) is 0 Å². The van der Waals surface area contributed by atoms with Gasteiger partial charge in [-0.2, -0.15) is 0 Å². The Bertz CT molecular complexity index is 484. The average Bonchev–Trinajstić information content (AvgIpc) is 2.40. The van der Waals surface area contributed by atoms with Gasteiger partial charge in [0.2, 0.25) is 5.91 Å². The molecule has 1 aromatic carbocycles. The number of para-hydroxylation sites is 1. The number of nitrogens with one attached hydrogen (secondary N) is 1. The van der Waals surface area contributed by atoms with Crippen LogP contribution in [0, 0.1) is 19.3 Å². The molecule has 110 valence electrons. The van der Waals surface area contributed by atoms with Crippen molar-refractivity contribution < 1.29 is 14.7 Å². The van der Waals surface area contributed by atoms with Gasteiger partial charge in [0.1, 0.15) is 0 Å². The zero-order valence-corrected chi connectivity index (χ0v) is 12.6. The van der Waals surface area contributed by atoms with E-state index >= 15 is 0 Å². The Kier molecular flexibility index (Phi) is 5.31. The van der Waals surface area contributed by atoms with Crippen LogP contribution >= 0.6 is 0 Å². The number of aliphatic carboxylic acids is 1. The molecular formula is C16H23NO3. The van der Waals surface area contributed by atoms with Gasteiger partial charge in [0, 0.05) is 12.1 Å². The molecule has 0 aromatic heterocycles. The smallest absolute Gasteiger partial charge is 0.310 e. The normalized spacial score (nSPS) is 11.2. The second-order valence-corrected chi connectivity index (χ2v) is 5.28. The van der Waals surface area contributed by atoms with Crippen molar-refractivity contribution >= 4 is 17.6 Å². The maximum absolute atomic E-state index is 12.2. The lowest BCUT2D eigenvalue weighted by Gasteiger charge is -2.26. The molecule has 0 aliphatic carbocycles. The van der Waals surface area contributed by atoms with Crippen LogP contribution in [0.2, 0.25) is 0 Å². The SMILES string of the molecule is CCC(CC)(CC(=O)Nc1c(C)cccc1C)C(=O)O. The molecule has 0 unspecified atom stereocenters. The van der Waals surface area contributed by atoms with Gasteiger partial charge in [-0.25, -0.2) is 0 Å². The molecule has 2 N–H and O–H groups in total. The molecule has 1 rings (SSSR count). The summed E-state index contributed by atoms with van der Waals surface area (Å²) in [6.07, 6.45) is 0.890. The molecule has 4 nitrogen and oxygen atoms in total. The van der Waals surface area contributed by atoms with Crippen molar-refractivity contribution in [2.45, 2.75) is 47.0 Å². The van der Waals surface area contributed by atoms with Crippen LogP contribution in [0.4, 0.5) is 5.69 Å². The predicted octanol–water partition coefficient (Wildman–Crippen LogP) is 3.52. The zero-order chi connectivity index (χ0) is 15.3. The van der Waals surface area contributed by atoms with Crippen molar-refractivity contribution in [3.8, 4) is 0 Å². The first kappa shape index (κ1) is 16.2. The maximum Gasteiger partial charge on any atom is 0.310 e. The standard InChI is InChI=1S/C16H23NO3/c1-5-16(6-2,15(19)20)10-13(18)17-14-11(3)8-7-9-12(14)4/h7-9H,5-6,10H2,1-4H3,(H,17,18)(H,19,20). The van der Waals surface area contributed by atoms with Crippen LogP contribution in [0.3, 0.4) is 0 Å². The lowest BCUT2D eigenvalue weighted by molar-refractivity contribution is -0.151. The van der Waals surface area contributed by atoms with Gasteiger partial charge in [-0.15, -0.1) is 0 Å². The summed E-state index contributed by atoms with van der Waals surface area (Å²) in [6, 6.07) is 5.78. The van der Waals surface area contributed by atoms with Crippen LogP contribution < -0.4 is 5.32 Å². The molecular weight excluding hydrogens is 254 g/mol. The van der Waals surface area contributed by atoms with Gasteiger partial charge in [0.15, 0.2) is 0 Å². The number of hydrogen-bond donors (Lipinski definition) is 2. The number of aryl methyl sites for hydroxylation is 2. The molecule has 0 heterocycles. The Hall–Kier alpha value is -1.84. The van der Waals surface area contributed by atoms with Gasteiger partial charge < -0.3 is 10.4 Å². The first-order valence-corrected chi connectivity index (χ1v) is 6.95. The third kappa shape index (κ3) is 3.38. The number of carbonyl (C=O) groups is 2. The molecule has 0 saturated carbocycles. The number of benzene rings is 1. The zero-order valence-electron chi connectivity index (χ0n) is 12.6. The Balaban J connectivity index is 2.89. The minimum absolute atomic E-state index is 0.00308. The van der Waals surface area contributed by atoms with E-state index in [0.29, 0.717) is 12.8 Å². The fourth-order valence-electron chi connectivity index (χ4n) is 2.38. The average molecular weight is 277 g/mol. The van der Waals surface area contributed by atoms with E-state index in [9.17, 15) is 14.7 Å². The molecule has 1 amide bonds. The number of carbonyl (C=O) groups excluding carboxylic acids is 1. The Morgan fingerprint density at radius 3 is 2.05 bits per heavy atom. The topological polar surface area (TPSA) is 66.4 Å². The van der Waals surface area contributed by atoms with Crippen molar-refractivity contribution in [1.29, 1.82) is 0 Å². The van der Waals surface area contributed by atoms with Gasteiger partial charge in [-0.1, -0.05) is 32.0 Å². The lowest BCUT2D eigenvalue weighted by Crippen LogP contribution is -2.34. The predicted molar refractivity (Wildman–Crippen MR) is 79.8 cm³/mol. The van der Waals surface area contributed by atoms with Crippen LogP contribution in [0.15, 0.2) is 18.2 Å². The quantitative estimate of drug-likeness (QED) is 0.836. The summed E-state index contributed by atoms with van der Waals surface area (Å²) in [6.45, 7) is 7.47. The van der Waals surface area contributed by atoms with Gasteiger partial charge in [-0.3, -0.25) is 9.59 Å². The minimum atomic E-state index is -0.972. The van der Waals surface area contributed by atoms with E-state index in [1.807, 2.05) is 45.9 Å². The molecule has 0 bridgehead atoms. The van der Waals surface area contributed by atoms with Crippen LogP contribution in [-0.4, -0.2) is 17.0 Å². The van der Waals surface area contributed by atoms with Crippen LogP contribution in [-0.2, 0) is 9.59 Å². The van der Waals surface area contributed by atoms with E-state index in [-0.39, 0.29) is 12.3 Å². The molecule has 0 radical (unpaired) electrons. The van der Waals surface area contributed by atoms with Crippen LogP contribution in [0.5, 0.6) is 0 Å². The van der Waals surface area contributed by atoms with E-state index in [2.05, 4.69) is 5.32 Å². The number of anilines is 1. The maximum atomic E-state index is 12.2. The molecule has 4 heteroatoms. The first-order chi connectivity index (χ1) is 9.36. The highest BCUT2D eigenvalue weighted by Gasteiger charge is 2.37. The van der Waals surface area contributed by atoms with Gasteiger partial charge in [0.05, 0.1) is 5.41 Å². The Labute approximate surface area is 120 Å². The fourth-order valence-corrected chi connectivity index (χ4v) is 2.38. The number of rotatable bonds is 6.